The van der Waals surface area contributed by atoms with Crippen LogP contribution in [0, 0.1) is 0 Å². The van der Waals surface area contributed by atoms with Gasteiger partial charge in [0, 0.05) is 6.42 Å². The first-order valence-electron chi connectivity index (χ1n) is 28.3. The van der Waals surface area contributed by atoms with E-state index < -0.39 is 26.6 Å². The molecule has 8 nitrogen and oxygen atoms in total. The van der Waals surface area contributed by atoms with E-state index in [4.69, 9.17) is 9.05 Å². The number of phosphoric ester groups is 1. The molecular weight excluding hydrogens is 864 g/mol. The van der Waals surface area contributed by atoms with Gasteiger partial charge in [-0.25, -0.2) is 0 Å². The van der Waals surface area contributed by atoms with Crippen LogP contribution in [0.15, 0.2) is 72.9 Å². The summed E-state index contributed by atoms with van der Waals surface area (Å²) in [6.45, 7) is 4.52. The molecule has 0 aromatic carbocycles. The Hall–Kier alpha value is -2.06. The number of hydrogen-bond acceptors (Lipinski definition) is 6. The molecule has 1 amide bonds. The number of carbonyl (C=O) groups is 1. The number of quaternary nitrogens is 1. The van der Waals surface area contributed by atoms with E-state index in [2.05, 4.69) is 79.9 Å². The number of amides is 1. The Bertz CT molecular complexity index is 1330. The summed E-state index contributed by atoms with van der Waals surface area (Å²) in [5.41, 5.74) is 0. The van der Waals surface area contributed by atoms with Crippen molar-refractivity contribution in [2.24, 2.45) is 0 Å². The largest absolute Gasteiger partial charge is 0.756 e. The number of aliphatic hydroxyl groups is 1. The molecular formula is C59H109N2O6P. The van der Waals surface area contributed by atoms with Crippen molar-refractivity contribution in [3.05, 3.63) is 72.9 Å². The number of allylic oxidation sites excluding steroid dienone is 11. The molecule has 0 fully saturated rings. The standard InChI is InChI=1S/C59H109N2O6P/c1-6-8-10-12-14-16-18-20-22-24-26-27-28-29-30-31-32-33-35-36-38-40-42-44-46-48-50-52-58(62)57(56-67-68(64,65)66-55-54-61(3,4)5)60-59(63)53-51-49-47-45-43-41-39-37-34-25-23-21-19-17-15-13-11-9-7-2/h9,11,15,17,21,23,34,37,42,44,50,52,57-58,62H,6-8,10,12-14,16,18-20,22,24-33,35-36,38-41,43,45-49,51,53-56H2,1-5H3,(H-,60,63,64,65)/b11-9-,17-15-,23-21-,37-34-,44-42+,52-50+. The third-order valence-corrected chi connectivity index (χ3v) is 13.4. The molecule has 0 radical (unpaired) electrons. The number of nitrogens with one attached hydrogen (secondary N) is 1. The fraction of sp³-hybridized carbons (Fsp3) is 0.780. The molecule has 9 heteroatoms. The Kier molecular flexibility index (Phi) is 48.4. The molecule has 3 unspecified atom stereocenters. The number of aliphatic hydroxyl groups excluding tert-OH is 1. The zero-order valence-corrected chi connectivity index (χ0v) is 45.9. The molecule has 0 saturated carbocycles. The van der Waals surface area contributed by atoms with Crippen LogP contribution in [0.4, 0.5) is 0 Å². The number of likely N-dealkylation sites (N-methyl/N-ethyl adjacent to an activating group) is 1. The van der Waals surface area contributed by atoms with Crippen LogP contribution in [0.25, 0.3) is 0 Å². The Morgan fingerprint density at radius 2 is 0.912 bits per heavy atom. The van der Waals surface area contributed by atoms with Crippen molar-refractivity contribution in [3.8, 4) is 0 Å². The normalized spacial score (nSPS) is 14.5. The number of hydrogen-bond donors (Lipinski definition) is 2. The highest BCUT2D eigenvalue weighted by molar-refractivity contribution is 7.45. The average Bonchev–Trinajstić information content (AvgIpc) is 3.30. The quantitative estimate of drug-likeness (QED) is 0.0272. The second-order valence-electron chi connectivity index (χ2n) is 20.3. The van der Waals surface area contributed by atoms with Gasteiger partial charge in [0.05, 0.1) is 39.9 Å². The monoisotopic (exact) mass is 973 g/mol. The van der Waals surface area contributed by atoms with E-state index in [1.54, 1.807) is 6.08 Å². The molecule has 68 heavy (non-hydrogen) atoms. The van der Waals surface area contributed by atoms with Gasteiger partial charge in [-0.2, -0.15) is 0 Å². The van der Waals surface area contributed by atoms with Gasteiger partial charge >= 0.3 is 0 Å². The molecule has 0 bridgehead atoms. The van der Waals surface area contributed by atoms with Crippen LogP contribution in [-0.4, -0.2) is 68.5 Å². The summed E-state index contributed by atoms with van der Waals surface area (Å²) >= 11 is 0. The summed E-state index contributed by atoms with van der Waals surface area (Å²) in [6, 6.07) is -0.916. The van der Waals surface area contributed by atoms with Crippen molar-refractivity contribution in [1.82, 2.24) is 5.32 Å². The lowest BCUT2D eigenvalue weighted by molar-refractivity contribution is -0.870. The van der Waals surface area contributed by atoms with E-state index in [1.807, 2.05) is 27.2 Å². The van der Waals surface area contributed by atoms with Gasteiger partial charge in [-0.3, -0.25) is 9.36 Å². The van der Waals surface area contributed by atoms with Gasteiger partial charge in [0.1, 0.15) is 13.2 Å². The van der Waals surface area contributed by atoms with E-state index in [0.717, 1.165) is 77.0 Å². The Balaban J connectivity index is 4.28. The summed E-state index contributed by atoms with van der Waals surface area (Å²) in [5.74, 6) is -0.222. The molecule has 0 aromatic heterocycles. The van der Waals surface area contributed by atoms with Crippen molar-refractivity contribution in [3.63, 3.8) is 0 Å². The molecule has 0 aliphatic rings. The smallest absolute Gasteiger partial charge is 0.268 e. The van der Waals surface area contributed by atoms with Crippen LogP contribution in [0.3, 0.4) is 0 Å². The maximum atomic E-state index is 12.9. The minimum atomic E-state index is -4.61. The fourth-order valence-corrected chi connectivity index (χ4v) is 8.71. The second-order valence-corrected chi connectivity index (χ2v) is 21.7. The maximum Gasteiger partial charge on any atom is 0.268 e. The van der Waals surface area contributed by atoms with E-state index in [1.165, 1.54) is 148 Å². The van der Waals surface area contributed by atoms with Crippen LogP contribution >= 0.6 is 7.82 Å². The SMILES string of the molecule is CC/C=C\C/C=C\C/C=C\C/C=C\CCCCCCCCC(=O)NC(COP(=O)([O-])OCC[N+](C)(C)C)C(O)/C=C/CC/C=C/CCCCCCCCCCCCCCCCCCCCCCC. The van der Waals surface area contributed by atoms with E-state index >= 15 is 0 Å². The van der Waals surface area contributed by atoms with Crippen molar-refractivity contribution < 1.29 is 32.9 Å². The van der Waals surface area contributed by atoms with Crippen molar-refractivity contribution >= 4 is 13.7 Å². The van der Waals surface area contributed by atoms with E-state index in [9.17, 15) is 19.4 Å². The van der Waals surface area contributed by atoms with Gasteiger partial charge in [-0.05, 0) is 70.6 Å². The van der Waals surface area contributed by atoms with Crippen molar-refractivity contribution in [2.75, 3.05) is 40.9 Å². The summed E-state index contributed by atoms with van der Waals surface area (Å²) in [5, 5.41) is 13.9. The van der Waals surface area contributed by atoms with Crippen LogP contribution in [0.5, 0.6) is 0 Å². The number of phosphoric acid groups is 1. The van der Waals surface area contributed by atoms with Gasteiger partial charge in [0.15, 0.2) is 0 Å². The summed E-state index contributed by atoms with van der Waals surface area (Å²) in [7, 11) is 1.23. The number of carbonyl (C=O) groups excluding carboxylic acids is 1. The van der Waals surface area contributed by atoms with Crippen LogP contribution in [-0.2, 0) is 18.4 Å². The van der Waals surface area contributed by atoms with E-state index in [-0.39, 0.29) is 12.5 Å². The molecule has 3 atom stereocenters. The van der Waals surface area contributed by atoms with Gasteiger partial charge in [-0.1, -0.05) is 241 Å². The molecule has 0 rings (SSSR count). The minimum absolute atomic E-state index is 0.0126. The summed E-state index contributed by atoms with van der Waals surface area (Å²) < 4.78 is 23.3. The molecule has 0 spiro atoms. The first kappa shape index (κ1) is 65.9. The Labute approximate surface area is 421 Å². The first-order chi connectivity index (χ1) is 33.0. The summed E-state index contributed by atoms with van der Waals surface area (Å²) in [6.07, 6.45) is 68.4. The predicted octanol–water partition coefficient (Wildman–Crippen LogP) is 16.5. The van der Waals surface area contributed by atoms with Gasteiger partial charge < -0.3 is 28.8 Å². The molecule has 0 saturated heterocycles. The van der Waals surface area contributed by atoms with Crippen LogP contribution in [0.2, 0.25) is 0 Å². The minimum Gasteiger partial charge on any atom is -0.756 e. The van der Waals surface area contributed by atoms with Gasteiger partial charge in [0.2, 0.25) is 5.91 Å². The molecule has 2 N–H and O–H groups in total. The third-order valence-electron chi connectivity index (χ3n) is 12.4. The maximum absolute atomic E-state index is 12.9. The average molecular weight is 974 g/mol. The number of rotatable bonds is 51. The fourth-order valence-electron chi connectivity index (χ4n) is 7.98. The number of nitrogens with zero attached hydrogens (tertiary/aromatic N) is 1. The predicted molar refractivity (Wildman–Crippen MR) is 293 cm³/mol. The molecule has 0 aromatic rings. The number of unbranched alkanes of at least 4 members (excludes halogenated alkanes) is 28. The summed E-state index contributed by atoms with van der Waals surface area (Å²) in [4.78, 5) is 25.5. The first-order valence-corrected chi connectivity index (χ1v) is 29.8. The van der Waals surface area contributed by atoms with Gasteiger partial charge in [0.25, 0.3) is 7.82 Å². The molecule has 396 valence electrons. The molecule has 0 heterocycles. The molecule has 0 aliphatic carbocycles. The lowest BCUT2D eigenvalue weighted by atomic mass is 10.0. The third kappa shape index (κ3) is 51.8. The highest BCUT2D eigenvalue weighted by Crippen LogP contribution is 2.38. The zero-order chi connectivity index (χ0) is 49.9. The highest BCUT2D eigenvalue weighted by Gasteiger charge is 2.23. The van der Waals surface area contributed by atoms with Crippen LogP contribution < -0.4 is 10.2 Å². The molecule has 0 aliphatic heterocycles. The topological polar surface area (TPSA) is 108 Å². The zero-order valence-electron chi connectivity index (χ0n) is 45.0. The second kappa shape index (κ2) is 49.9. The lowest BCUT2D eigenvalue weighted by Crippen LogP contribution is -2.45. The van der Waals surface area contributed by atoms with Crippen molar-refractivity contribution in [2.45, 2.75) is 257 Å². The Morgan fingerprint density at radius 1 is 0.529 bits per heavy atom. The van der Waals surface area contributed by atoms with E-state index in [0.29, 0.717) is 17.4 Å². The highest BCUT2D eigenvalue weighted by atomic mass is 31.2. The van der Waals surface area contributed by atoms with Crippen molar-refractivity contribution in [1.29, 1.82) is 0 Å². The Morgan fingerprint density at radius 3 is 1.37 bits per heavy atom. The van der Waals surface area contributed by atoms with Gasteiger partial charge in [-0.15, -0.1) is 0 Å². The lowest BCUT2D eigenvalue weighted by Gasteiger charge is -2.29. The van der Waals surface area contributed by atoms with Crippen LogP contribution in [0.1, 0.15) is 245 Å².